The fraction of sp³-hybridized carbons (Fsp3) is 0.769. The molecule has 0 aromatic heterocycles. The van der Waals surface area contributed by atoms with E-state index in [0.717, 1.165) is 12.8 Å². The zero-order valence-electron chi connectivity index (χ0n) is 10.5. The van der Waals surface area contributed by atoms with Crippen LogP contribution in [0.4, 0.5) is 0 Å². The molecule has 4 heteroatoms. The zero-order valence-corrected chi connectivity index (χ0v) is 10.5. The highest BCUT2D eigenvalue weighted by molar-refractivity contribution is 5.81. The van der Waals surface area contributed by atoms with Crippen molar-refractivity contribution in [2.75, 3.05) is 13.7 Å². The summed E-state index contributed by atoms with van der Waals surface area (Å²) in [4.78, 5) is 11.0. The van der Waals surface area contributed by atoms with Crippen LogP contribution in [0.25, 0.3) is 0 Å². The molecule has 0 unspecified atom stereocenters. The Morgan fingerprint density at radius 2 is 2.24 bits per heavy atom. The normalized spacial score (nSPS) is 37.1. The summed E-state index contributed by atoms with van der Waals surface area (Å²) in [6.45, 7) is 2.63. The van der Waals surface area contributed by atoms with Gasteiger partial charge in [-0.05, 0) is 32.6 Å². The van der Waals surface area contributed by atoms with E-state index in [4.69, 9.17) is 9.47 Å². The Kier molecular flexibility index (Phi) is 3.84. The Morgan fingerprint density at radius 3 is 3.00 bits per heavy atom. The first-order valence-corrected chi connectivity index (χ1v) is 6.17. The first-order chi connectivity index (χ1) is 8.13. The van der Waals surface area contributed by atoms with Crippen LogP contribution >= 0.6 is 0 Å². The molecular formula is C13H20O4. The van der Waals surface area contributed by atoms with Gasteiger partial charge in [0, 0.05) is 6.08 Å². The number of hydrogen-bond donors (Lipinski definition) is 0. The van der Waals surface area contributed by atoms with E-state index in [1.54, 1.807) is 6.08 Å². The van der Waals surface area contributed by atoms with Crippen LogP contribution in [-0.2, 0) is 19.0 Å². The highest BCUT2D eigenvalue weighted by Gasteiger charge is 2.41. The smallest absolute Gasteiger partial charge is 0.330 e. The molecule has 1 heterocycles. The van der Waals surface area contributed by atoms with Gasteiger partial charge in [-0.1, -0.05) is 6.08 Å². The molecule has 0 amide bonds. The molecule has 2 rings (SSSR count). The van der Waals surface area contributed by atoms with E-state index in [9.17, 15) is 4.79 Å². The number of hydrogen-bond acceptors (Lipinski definition) is 4. The molecule has 1 saturated carbocycles. The molecule has 2 fully saturated rings. The van der Waals surface area contributed by atoms with Crippen LogP contribution in [0.1, 0.15) is 32.6 Å². The minimum atomic E-state index is -0.330. The summed E-state index contributed by atoms with van der Waals surface area (Å²) >= 11 is 0. The quantitative estimate of drug-likeness (QED) is 0.557. The molecule has 0 bridgehead atoms. The molecule has 0 aromatic carbocycles. The fourth-order valence-electron chi connectivity index (χ4n) is 2.48. The summed E-state index contributed by atoms with van der Waals surface area (Å²) in [6.07, 6.45) is 7.81. The Bertz CT molecular complexity index is 313. The van der Waals surface area contributed by atoms with Gasteiger partial charge < -0.3 is 14.2 Å². The maximum atomic E-state index is 11.0. The summed E-state index contributed by atoms with van der Waals surface area (Å²) in [5.41, 5.74) is -0.309. The second-order valence-electron chi connectivity index (χ2n) is 5.02. The van der Waals surface area contributed by atoms with E-state index in [1.807, 2.05) is 6.92 Å². The molecule has 0 radical (unpaired) electrons. The van der Waals surface area contributed by atoms with Crippen LogP contribution in [0.2, 0.25) is 0 Å². The van der Waals surface area contributed by atoms with Crippen LogP contribution in [0.15, 0.2) is 12.2 Å². The van der Waals surface area contributed by atoms with Crippen molar-refractivity contribution in [2.45, 2.75) is 50.4 Å². The van der Waals surface area contributed by atoms with Crippen LogP contribution in [0.5, 0.6) is 0 Å². The van der Waals surface area contributed by atoms with Gasteiger partial charge in [-0.3, -0.25) is 0 Å². The van der Waals surface area contributed by atoms with Crippen molar-refractivity contribution in [1.29, 1.82) is 0 Å². The molecule has 1 saturated heterocycles. The van der Waals surface area contributed by atoms with E-state index >= 15 is 0 Å². The predicted octanol–water partition coefficient (Wildman–Crippen LogP) is 1.83. The van der Waals surface area contributed by atoms with E-state index in [1.165, 1.54) is 19.6 Å². The number of methoxy groups -OCH3 is 1. The summed E-state index contributed by atoms with van der Waals surface area (Å²) in [6, 6.07) is 0. The highest BCUT2D eigenvalue weighted by atomic mass is 16.6. The van der Waals surface area contributed by atoms with Crippen LogP contribution in [0.3, 0.4) is 0 Å². The zero-order chi connectivity index (χ0) is 12.3. The molecule has 1 aliphatic carbocycles. The van der Waals surface area contributed by atoms with Crippen molar-refractivity contribution in [1.82, 2.24) is 0 Å². The lowest BCUT2D eigenvalue weighted by molar-refractivity contribution is -0.213. The van der Waals surface area contributed by atoms with Crippen LogP contribution in [0, 0.1) is 0 Å². The molecule has 1 aliphatic heterocycles. The second-order valence-corrected chi connectivity index (χ2v) is 5.02. The minimum Gasteiger partial charge on any atom is -0.466 e. The van der Waals surface area contributed by atoms with E-state index < -0.39 is 0 Å². The molecule has 0 aromatic rings. The minimum absolute atomic E-state index is 0.236. The average molecular weight is 240 g/mol. The Hall–Kier alpha value is -0.870. The lowest BCUT2D eigenvalue weighted by atomic mass is 10.0. The molecule has 3 atom stereocenters. The standard InChI is InChI=1S/C13H20O4/c1-13(8-4-7-12(14)15-2)9-16-10-5-3-6-11(10)17-13/h4,7,10-11H,3,5-6,8-9H2,1-2H3/b7-4+/t10-,11-,13+/m1/s1. The third kappa shape index (κ3) is 3.07. The molecule has 0 spiro atoms. The molecule has 17 heavy (non-hydrogen) atoms. The number of ether oxygens (including phenoxy) is 3. The molecule has 96 valence electrons. The molecular weight excluding hydrogens is 220 g/mol. The van der Waals surface area contributed by atoms with Crippen LogP contribution in [-0.4, -0.2) is 37.5 Å². The number of esters is 1. The fourth-order valence-corrected chi connectivity index (χ4v) is 2.48. The van der Waals surface area contributed by atoms with Gasteiger partial charge in [-0.2, -0.15) is 0 Å². The average Bonchev–Trinajstić information content (AvgIpc) is 2.75. The maximum Gasteiger partial charge on any atom is 0.330 e. The summed E-state index contributed by atoms with van der Waals surface area (Å²) in [5.74, 6) is -0.330. The lowest BCUT2D eigenvalue weighted by Gasteiger charge is -2.40. The van der Waals surface area contributed by atoms with Crippen molar-refractivity contribution in [3.8, 4) is 0 Å². The Labute approximate surface area is 102 Å². The summed E-state index contributed by atoms with van der Waals surface area (Å²) in [5, 5.41) is 0. The highest BCUT2D eigenvalue weighted by Crippen LogP contribution is 2.35. The van der Waals surface area contributed by atoms with Crippen LogP contribution < -0.4 is 0 Å². The van der Waals surface area contributed by atoms with Crippen molar-refractivity contribution >= 4 is 5.97 Å². The van der Waals surface area contributed by atoms with Crippen molar-refractivity contribution in [2.24, 2.45) is 0 Å². The Balaban J connectivity index is 1.87. The van der Waals surface area contributed by atoms with Gasteiger partial charge in [0.15, 0.2) is 0 Å². The van der Waals surface area contributed by atoms with Gasteiger partial charge in [0.05, 0.1) is 31.5 Å². The van der Waals surface area contributed by atoms with E-state index in [0.29, 0.717) is 13.0 Å². The lowest BCUT2D eigenvalue weighted by Crippen LogP contribution is -2.47. The molecule has 2 aliphatic rings. The number of rotatable bonds is 3. The van der Waals surface area contributed by atoms with Gasteiger partial charge in [0.25, 0.3) is 0 Å². The summed E-state index contributed by atoms with van der Waals surface area (Å²) in [7, 11) is 1.37. The van der Waals surface area contributed by atoms with Gasteiger partial charge in [-0.25, -0.2) is 4.79 Å². The SMILES string of the molecule is COC(=O)/C=C/C[C@@]1(C)CO[C@@H]2CCC[C@H]2O1. The maximum absolute atomic E-state index is 11.0. The molecule has 0 N–H and O–H groups in total. The third-order valence-electron chi connectivity index (χ3n) is 3.44. The van der Waals surface area contributed by atoms with Gasteiger partial charge in [-0.15, -0.1) is 0 Å². The number of carbonyl (C=O) groups is 1. The van der Waals surface area contributed by atoms with Crippen molar-refractivity contribution in [3.05, 3.63) is 12.2 Å². The van der Waals surface area contributed by atoms with Gasteiger partial charge >= 0.3 is 5.97 Å². The van der Waals surface area contributed by atoms with Gasteiger partial charge in [0.1, 0.15) is 0 Å². The first-order valence-electron chi connectivity index (χ1n) is 6.17. The largest absolute Gasteiger partial charge is 0.466 e. The van der Waals surface area contributed by atoms with Gasteiger partial charge in [0.2, 0.25) is 0 Å². The van der Waals surface area contributed by atoms with E-state index in [2.05, 4.69) is 4.74 Å². The number of carbonyl (C=O) groups excluding carboxylic acids is 1. The molecule has 4 nitrogen and oxygen atoms in total. The topological polar surface area (TPSA) is 44.8 Å². The second kappa shape index (κ2) is 5.19. The summed E-state index contributed by atoms with van der Waals surface area (Å²) < 4.78 is 16.5. The monoisotopic (exact) mass is 240 g/mol. The predicted molar refractivity (Wildman–Crippen MR) is 62.6 cm³/mol. The first kappa shape index (κ1) is 12.6. The van der Waals surface area contributed by atoms with E-state index in [-0.39, 0.29) is 23.8 Å². The third-order valence-corrected chi connectivity index (χ3v) is 3.44. The van der Waals surface area contributed by atoms with Crippen molar-refractivity contribution in [3.63, 3.8) is 0 Å². The van der Waals surface area contributed by atoms with Crippen molar-refractivity contribution < 1.29 is 19.0 Å². The number of fused-ring (bicyclic) bond motifs is 1. The Morgan fingerprint density at radius 1 is 1.47 bits per heavy atom.